The van der Waals surface area contributed by atoms with E-state index < -0.39 is 11.7 Å². The molecule has 0 spiro atoms. The third kappa shape index (κ3) is 2.64. The fourth-order valence-electron chi connectivity index (χ4n) is 3.57. The van der Waals surface area contributed by atoms with E-state index in [2.05, 4.69) is 4.90 Å². The molecule has 0 aromatic heterocycles. The van der Waals surface area contributed by atoms with Crippen molar-refractivity contribution in [3.8, 4) is 6.07 Å². The molecule has 0 N–H and O–H groups in total. The van der Waals surface area contributed by atoms with E-state index in [9.17, 15) is 13.2 Å². The van der Waals surface area contributed by atoms with Crippen molar-refractivity contribution >= 4 is 5.57 Å². The van der Waals surface area contributed by atoms with Crippen LogP contribution in [0.15, 0.2) is 24.3 Å². The van der Waals surface area contributed by atoms with Crippen molar-refractivity contribution in [2.24, 2.45) is 0 Å². The van der Waals surface area contributed by atoms with Crippen LogP contribution < -0.4 is 0 Å². The number of hydrogen-bond donors (Lipinski definition) is 0. The molecule has 0 saturated carbocycles. The standard InChI is InChI=1S/C17H17F3N2/c1-22-13-3-2-4-14(22)9-12(8-13)15-6-5-11(10-21)7-16(15)17(18,19)20/h5-8,13-14H,2-4,9H2,1H3. The van der Waals surface area contributed by atoms with Crippen molar-refractivity contribution in [2.45, 2.75) is 43.9 Å². The van der Waals surface area contributed by atoms with Crippen LogP contribution in [-0.4, -0.2) is 24.0 Å². The minimum Gasteiger partial charge on any atom is -0.297 e. The monoisotopic (exact) mass is 306 g/mol. The summed E-state index contributed by atoms with van der Waals surface area (Å²) in [5.41, 5.74) is 0.353. The topological polar surface area (TPSA) is 27.0 Å². The van der Waals surface area contributed by atoms with Gasteiger partial charge in [-0.3, -0.25) is 4.90 Å². The van der Waals surface area contributed by atoms with Gasteiger partial charge in [0.2, 0.25) is 0 Å². The Hall–Kier alpha value is -1.80. The van der Waals surface area contributed by atoms with E-state index in [0.29, 0.717) is 12.5 Å². The smallest absolute Gasteiger partial charge is 0.297 e. The Labute approximate surface area is 127 Å². The van der Waals surface area contributed by atoms with Crippen LogP contribution in [0.3, 0.4) is 0 Å². The van der Waals surface area contributed by atoms with Gasteiger partial charge in [0.25, 0.3) is 0 Å². The molecule has 22 heavy (non-hydrogen) atoms. The highest BCUT2D eigenvalue weighted by Crippen LogP contribution is 2.41. The molecule has 2 nitrogen and oxygen atoms in total. The first-order valence-corrected chi connectivity index (χ1v) is 7.44. The molecule has 2 aliphatic rings. The molecule has 2 heterocycles. The average molecular weight is 306 g/mol. The number of hydrogen-bond acceptors (Lipinski definition) is 2. The summed E-state index contributed by atoms with van der Waals surface area (Å²) in [4.78, 5) is 2.27. The molecule has 3 rings (SSSR count). The van der Waals surface area contributed by atoms with Gasteiger partial charge >= 0.3 is 6.18 Å². The van der Waals surface area contributed by atoms with Crippen molar-refractivity contribution in [3.05, 3.63) is 41.0 Å². The first-order chi connectivity index (χ1) is 10.4. The zero-order valence-electron chi connectivity index (χ0n) is 12.3. The summed E-state index contributed by atoms with van der Waals surface area (Å²) in [5, 5.41) is 8.86. The van der Waals surface area contributed by atoms with Crippen LogP contribution in [0.4, 0.5) is 13.2 Å². The molecule has 0 aliphatic carbocycles. The van der Waals surface area contributed by atoms with Crippen LogP contribution in [0, 0.1) is 11.3 Å². The summed E-state index contributed by atoms with van der Waals surface area (Å²) in [6.45, 7) is 0. The predicted molar refractivity (Wildman–Crippen MR) is 77.9 cm³/mol. The van der Waals surface area contributed by atoms with Crippen LogP contribution in [0.25, 0.3) is 5.57 Å². The molecular formula is C17H17F3N2. The fraction of sp³-hybridized carbons (Fsp3) is 0.471. The third-order valence-corrected chi connectivity index (χ3v) is 4.79. The largest absolute Gasteiger partial charge is 0.417 e. The molecule has 0 amide bonds. The van der Waals surface area contributed by atoms with Gasteiger partial charge in [0.15, 0.2) is 0 Å². The van der Waals surface area contributed by atoms with Crippen LogP contribution in [0.5, 0.6) is 0 Å². The molecule has 0 radical (unpaired) electrons. The summed E-state index contributed by atoms with van der Waals surface area (Å²) in [5.74, 6) is 0. The maximum absolute atomic E-state index is 13.3. The van der Waals surface area contributed by atoms with Crippen LogP contribution in [0.1, 0.15) is 42.4 Å². The molecule has 1 aromatic rings. The first kappa shape index (κ1) is 15.1. The Bertz CT molecular complexity index is 655. The summed E-state index contributed by atoms with van der Waals surface area (Å²) in [6.07, 6.45) is 1.33. The molecule has 2 aliphatic heterocycles. The van der Waals surface area contributed by atoms with Gasteiger partial charge in [-0.25, -0.2) is 0 Å². The predicted octanol–water partition coefficient (Wildman–Crippen LogP) is 4.22. The minimum atomic E-state index is -4.44. The number of rotatable bonds is 1. The van der Waals surface area contributed by atoms with Gasteiger partial charge in [-0.05, 0) is 49.6 Å². The number of alkyl halides is 3. The zero-order chi connectivity index (χ0) is 15.9. The van der Waals surface area contributed by atoms with E-state index in [4.69, 9.17) is 5.26 Å². The van der Waals surface area contributed by atoms with E-state index in [1.54, 1.807) is 6.07 Å². The van der Waals surface area contributed by atoms with E-state index in [1.165, 1.54) is 12.1 Å². The van der Waals surface area contributed by atoms with E-state index in [-0.39, 0.29) is 17.2 Å². The quantitative estimate of drug-likeness (QED) is 0.777. The molecule has 2 unspecified atom stereocenters. The maximum atomic E-state index is 13.3. The average Bonchev–Trinajstić information content (AvgIpc) is 2.45. The Morgan fingerprint density at radius 1 is 1.27 bits per heavy atom. The second-order valence-electron chi connectivity index (χ2n) is 6.08. The van der Waals surface area contributed by atoms with Crippen molar-refractivity contribution in [1.82, 2.24) is 4.90 Å². The fourth-order valence-corrected chi connectivity index (χ4v) is 3.57. The molecule has 116 valence electrons. The number of nitriles is 1. The van der Waals surface area contributed by atoms with Crippen molar-refractivity contribution in [2.75, 3.05) is 7.05 Å². The number of benzene rings is 1. The highest BCUT2D eigenvalue weighted by atomic mass is 19.4. The van der Waals surface area contributed by atoms with E-state index in [0.717, 1.165) is 30.9 Å². The SMILES string of the molecule is CN1C2C=C(c3ccc(C#N)cc3C(F)(F)F)CC1CCC2. The van der Waals surface area contributed by atoms with Crippen LogP contribution in [-0.2, 0) is 6.18 Å². The van der Waals surface area contributed by atoms with Crippen molar-refractivity contribution < 1.29 is 13.2 Å². The third-order valence-electron chi connectivity index (χ3n) is 4.79. The number of nitrogens with zero attached hydrogens (tertiary/aromatic N) is 2. The number of piperidine rings is 1. The van der Waals surface area contributed by atoms with Gasteiger partial charge in [0.05, 0.1) is 17.2 Å². The Morgan fingerprint density at radius 3 is 2.68 bits per heavy atom. The molecule has 2 atom stereocenters. The van der Waals surface area contributed by atoms with Gasteiger partial charge < -0.3 is 0 Å². The zero-order valence-corrected chi connectivity index (χ0v) is 12.3. The molecule has 1 aromatic carbocycles. The number of fused-ring (bicyclic) bond motifs is 2. The van der Waals surface area contributed by atoms with E-state index >= 15 is 0 Å². The highest BCUT2D eigenvalue weighted by Gasteiger charge is 2.37. The lowest BCUT2D eigenvalue weighted by Gasteiger charge is -2.43. The molecule has 5 heteroatoms. The van der Waals surface area contributed by atoms with Gasteiger partial charge in [-0.2, -0.15) is 18.4 Å². The summed E-state index contributed by atoms with van der Waals surface area (Å²) in [6, 6.07) is 6.21. The lowest BCUT2D eigenvalue weighted by atomic mass is 9.82. The number of likely N-dealkylation sites (N-methyl/N-ethyl adjacent to an activating group) is 1. The van der Waals surface area contributed by atoms with Crippen LogP contribution in [0.2, 0.25) is 0 Å². The maximum Gasteiger partial charge on any atom is 0.417 e. The molecular weight excluding hydrogens is 289 g/mol. The van der Waals surface area contributed by atoms with Crippen LogP contribution >= 0.6 is 0 Å². The normalized spacial score (nSPS) is 25.5. The van der Waals surface area contributed by atoms with Gasteiger partial charge in [-0.15, -0.1) is 0 Å². The first-order valence-electron chi connectivity index (χ1n) is 7.44. The van der Waals surface area contributed by atoms with Gasteiger partial charge in [0.1, 0.15) is 0 Å². The Morgan fingerprint density at radius 2 is 2.05 bits per heavy atom. The Balaban J connectivity index is 2.07. The second-order valence-corrected chi connectivity index (χ2v) is 6.08. The van der Waals surface area contributed by atoms with Gasteiger partial charge in [0, 0.05) is 12.1 Å². The summed E-state index contributed by atoms with van der Waals surface area (Å²) < 4.78 is 40.0. The lowest BCUT2D eigenvalue weighted by molar-refractivity contribution is -0.137. The minimum absolute atomic E-state index is 0.0461. The molecule has 2 bridgehead atoms. The van der Waals surface area contributed by atoms with Crippen molar-refractivity contribution in [3.63, 3.8) is 0 Å². The van der Waals surface area contributed by atoms with E-state index in [1.807, 2.05) is 13.1 Å². The number of halogens is 3. The molecule has 1 fully saturated rings. The highest BCUT2D eigenvalue weighted by molar-refractivity contribution is 5.71. The van der Waals surface area contributed by atoms with Crippen molar-refractivity contribution in [1.29, 1.82) is 5.26 Å². The molecule has 1 saturated heterocycles. The summed E-state index contributed by atoms with van der Waals surface area (Å²) in [7, 11) is 2.05. The second kappa shape index (κ2) is 5.44. The van der Waals surface area contributed by atoms with Gasteiger partial charge in [-0.1, -0.05) is 18.6 Å². The Kier molecular flexibility index (Phi) is 3.73. The lowest BCUT2D eigenvalue weighted by Crippen LogP contribution is -2.45. The summed E-state index contributed by atoms with van der Waals surface area (Å²) >= 11 is 0.